The predicted octanol–water partition coefficient (Wildman–Crippen LogP) is 5.50. The zero-order valence-electron chi connectivity index (χ0n) is 16.2. The van der Waals surface area contributed by atoms with Crippen LogP contribution in [0.25, 0.3) is 0 Å². The third-order valence-electron chi connectivity index (χ3n) is 4.65. The van der Waals surface area contributed by atoms with Crippen LogP contribution in [0.3, 0.4) is 0 Å². The second-order valence-electron chi connectivity index (χ2n) is 7.12. The lowest BCUT2D eigenvalue weighted by Gasteiger charge is -2.21. The van der Waals surface area contributed by atoms with Crippen molar-refractivity contribution in [2.45, 2.75) is 96.4 Å². The summed E-state index contributed by atoms with van der Waals surface area (Å²) in [7, 11) is 0. The highest BCUT2D eigenvalue weighted by atomic mass is 19.4. The molecule has 1 aliphatic rings. The molecule has 0 aliphatic heterocycles. The first-order valence-electron chi connectivity index (χ1n) is 9.84. The van der Waals surface area contributed by atoms with Crippen molar-refractivity contribution in [3.05, 3.63) is 12.2 Å². The summed E-state index contributed by atoms with van der Waals surface area (Å²) in [4.78, 5) is 23.4. The maximum absolute atomic E-state index is 12.3. The average molecular weight is 392 g/mol. The van der Waals surface area contributed by atoms with Crippen molar-refractivity contribution in [3.63, 3.8) is 0 Å². The normalized spacial score (nSPS) is 19.4. The van der Waals surface area contributed by atoms with Gasteiger partial charge in [0.1, 0.15) is 6.10 Å². The number of hydrogen-bond acceptors (Lipinski definition) is 4. The fourth-order valence-electron chi connectivity index (χ4n) is 3.05. The molecule has 0 aromatic carbocycles. The first kappa shape index (κ1) is 23.5. The predicted molar refractivity (Wildman–Crippen MR) is 96.0 cm³/mol. The van der Waals surface area contributed by atoms with Crippen LogP contribution in [0.4, 0.5) is 13.2 Å². The van der Waals surface area contributed by atoms with Gasteiger partial charge in [0.05, 0.1) is 0 Å². The van der Waals surface area contributed by atoms with E-state index in [-0.39, 0.29) is 25.4 Å². The highest BCUT2D eigenvalue weighted by Gasteiger charge is 2.39. The Kier molecular flexibility index (Phi) is 10.5. The van der Waals surface area contributed by atoms with Crippen LogP contribution in [0.5, 0.6) is 0 Å². The minimum atomic E-state index is -4.57. The second-order valence-corrected chi connectivity index (χ2v) is 7.12. The lowest BCUT2D eigenvalue weighted by atomic mass is 9.90. The largest absolute Gasteiger partial charge is 0.462 e. The van der Waals surface area contributed by atoms with Crippen LogP contribution in [-0.4, -0.2) is 30.3 Å². The van der Waals surface area contributed by atoms with E-state index >= 15 is 0 Å². The smallest absolute Gasteiger partial charge is 0.425 e. The number of carbonyl (C=O) groups is 2. The fourth-order valence-corrected chi connectivity index (χ4v) is 3.05. The van der Waals surface area contributed by atoms with E-state index in [2.05, 4.69) is 16.9 Å². The number of carbonyl (C=O) groups excluding carboxylic acids is 2. The molecule has 0 saturated carbocycles. The summed E-state index contributed by atoms with van der Waals surface area (Å²) in [5.74, 6) is -0.826. The Bertz CT molecular complexity index is 488. The maximum Gasteiger partial charge on any atom is 0.425 e. The second kappa shape index (κ2) is 12.0. The summed E-state index contributed by atoms with van der Waals surface area (Å²) in [5.41, 5.74) is 0. The highest BCUT2D eigenvalue weighted by molar-refractivity contribution is 5.72. The Morgan fingerprint density at radius 1 is 1.15 bits per heavy atom. The topological polar surface area (TPSA) is 52.6 Å². The zero-order chi connectivity index (χ0) is 20.3. The minimum Gasteiger partial charge on any atom is -0.462 e. The Balaban J connectivity index is 2.27. The van der Waals surface area contributed by atoms with E-state index in [1.165, 1.54) is 12.8 Å². The van der Waals surface area contributed by atoms with E-state index in [0.717, 1.165) is 39.0 Å². The number of halogens is 3. The average Bonchev–Trinajstić information content (AvgIpc) is 2.60. The number of allylic oxidation sites excluding steroid dienone is 2. The summed E-state index contributed by atoms with van der Waals surface area (Å²) in [6.07, 6.45) is 4.44. The van der Waals surface area contributed by atoms with Crippen LogP contribution < -0.4 is 0 Å². The van der Waals surface area contributed by atoms with Gasteiger partial charge in [-0.1, -0.05) is 25.5 Å². The molecule has 0 aromatic rings. The highest BCUT2D eigenvalue weighted by Crippen LogP contribution is 2.25. The molecule has 7 heteroatoms. The van der Waals surface area contributed by atoms with Gasteiger partial charge in [0.2, 0.25) is 0 Å². The first-order valence-corrected chi connectivity index (χ1v) is 9.84. The van der Waals surface area contributed by atoms with Gasteiger partial charge in [-0.3, -0.25) is 9.59 Å². The van der Waals surface area contributed by atoms with Crippen molar-refractivity contribution >= 4 is 11.9 Å². The van der Waals surface area contributed by atoms with Crippen LogP contribution in [0.1, 0.15) is 78.1 Å². The summed E-state index contributed by atoms with van der Waals surface area (Å²) in [5, 5.41) is 0. The molecule has 3 atom stereocenters. The van der Waals surface area contributed by atoms with Gasteiger partial charge in [0, 0.05) is 12.8 Å². The molecule has 3 unspecified atom stereocenters. The standard InChI is InChI=1S/C20H31F3O4/c1-3-8-17(14-13-16-9-5-4-6-10-16)27-19(25)12-7-11-18(24)26-15(2)20(21,22)23/h5,9,15-17H,3-4,6-8,10-14H2,1-2H3. The number of alkyl halides is 3. The van der Waals surface area contributed by atoms with E-state index < -0.39 is 24.2 Å². The molecule has 156 valence electrons. The molecular weight excluding hydrogens is 361 g/mol. The molecule has 0 aromatic heterocycles. The first-order chi connectivity index (χ1) is 12.7. The zero-order valence-corrected chi connectivity index (χ0v) is 16.2. The lowest BCUT2D eigenvalue weighted by molar-refractivity contribution is -0.216. The molecule has 0 amide bonds. The van der Waals surface area contributed by atoms with Gasteiger partial charge in [-0.25, -0.2) is 0 Å². The van der Waals surface area contributed by atoms with E-state index in [1.54, 1.807) is 0 Å². The van der Waals surface area contributed by atoms with Crippen molar-refractivity contribution in [1.82, 2.24) is 0 Å². The number of hydrogen-bond donors (Lipinski definition) is 0. The van der Waals surface area contributed by atoms with Crippen molar-refractivity contribution in [2.75, 3.05) is 0 Å². The minimum absolute atomic E-state index is 0.000948. The summed E-state index contributed by atoms with van der Waals surface area (Å²) < 4.78 is 46.8. The third-order valence-corrected chi connectivity index (χ3v) is 4.65. The Hall–Kier alpha value is -1.53. The van der Waals surface area contributed by atoms with Crippen molar-refractivity contribution in [1.29, 1.82) is 0 Å². The van der Waals surface area contributed by atoms with Gasteiger partial charge in [0.25, 0.3) is 0 Å². The molecule has 0 bridgehead atoms. The van der Waals surface area contributed by atoms with Gasteiger partial charge < -0.3 is 9.47 Å². The molecule has 4 nitrogen and oxygen atoms in total. The van der Waals surface area contributed by atoms with E-state index in [0.29, 0.717) is 5.92 Å². The van der Waals surface area contributed by atoms with E-state index in [4.69, 9.17) is 4.74 Å². The fraction of sp³-hybridized carbons (Fsp3) is 0.800. The third kappa shape index (κ3) is 10.4. The SMILES string of the molecule is CCCC(CCC1C=CCCC1)OC(=O)CCCC(=O)OC(C)C(F)(F)F. The van der Waals surface area contributed by atoms with E-state index in [1.807, 2.05) is 6.92 Å². The molecular formula is C20H31F3O4. The Morgan fingerprint density at radius 2 is 1.81 bits per heavy atom. The Morgan fingerprint density at radius 3 is 2.37 bits per heavy atom. The molecule has 0 spiro atoms. The van der Waals surface area contributed by atoms with Gasteiger partial charge >= 0.3 is 18.1 Å². The summed E-state index contributed by atoms with van der Waals surface area (Å²) in [6, 6.07) is 0. The van der Waals surface area contributed by atoms with Gasteiger partial charge in [-0.2, -0.15) is 13.2 Å². The van der Waals surface area contributed by atoms with Crippen molar-refractivity contribution in [2.24, 2.45) is 5.92 Å². The molecule has 0 saturated heterocycles. The number of esters is 2. The van der Waals surface area contributed by atoms with Crippen LogP contribution in [0.15, 0.2) is 12.2 Å². The summed E-state index contributed by atoms with van der Waals surface area (Å²) >= 11 is 0. The molecule has 0 fully saturated rings. The molecule has 0 heterocycles. The molecule has 0 radical (unpaired) electrons. The van der Waals surface area contributed by atoms with Gasteiger partial charge in [0.15, 0.2) is 6.10 Å². The summed E-state index contributed by atoms with van der Waals surface area (Å²) in [6.45, 7) is 2.81. The Labute approximate surface area is 159 Å². The lowest BCUT2D eigenvalue weighted by Crippen LogP contribution is -2.30. The molecule has 1 rings (SSSR count). The quantitative estimate of drug-likeness (QED) is 0.344. The molecule has 1 aliphatic carbocycles. The van der Waals surface area contributed by atoms with Crippen LogP contribution in [0, 0.1) is 5.92 Å². The van der Waals surface area contributed by atoms with Crippen LogP contribution in [0.2, 0.25) is 0 Å². The molecule has 27 heavy (non-hydrogen) atoms. The van der Waals surface area contributed by atoms with Gasteiger partial charge in [-0.15, -0.1) is 0 Å². The monoisotopic (exact) mass is 392 g/mol. The van der Waals surface area contributed by atoms with Crippen LogP contribution in [-0.2, 0) is 19.1 Å². The number of ether oxygens (including phenoxy) is 2. The molecule has 0 N–H and O–H groups in total. The van der Waals surface area contributed by atoms with E-state index in [9.17, 15) is 22.8 Å². The van der Waals surface area contributed by atoms with Gasteiger partial charge in [-0.05, 0) is 57.8 Å². The van der Waals surface area contributed by atoms with Crippen LogP contribution >= 0.6 is 0 Å². The van der Waals surface area contributed by atoms with Crippen molar-refractivity contribution in [3.8, 4) is 0 Å². The van der Waals surface area contributed by atoms with Crippen molar-refractivity contribution < 1.29 is 32.2 Å². The number of rotatable bonds is 11. The maximum atomic E-state index is 12.3.